The molecule has 0 aromatic heterocycles. The lowest BCUT2D eigenvalue weighted by Gasteiger charge is -2.26. The third-order valence-electron chi connectivity index (χ3n) is 4.32. The van der Waals surface area contributed by atoms with Gasteiger partial charge in [-0.15, -0.1) is 0 Å². The summed E-state index contributed by atoms with van der Waals surface area (Å²) in [5.74, 6) is 1.53. The van der Waals surface area contributed by atoms with E-state index in [0.29, 0.717) is 11.6 Å². The minimum Gasteiger partial charge on any atom is -0.397 e. The first-order valence-electron chi connectivity index (χ1n) is 7.49. The summed E-state index contributed by atoms with van der Waals surface area (Å²) in [5.41, 5.74) is 7.23. The van der Waals surface area contributed by atoms with E-state index in [0.717, 1.165) is 18.2 Å². The normalized spacial score (nSPS) is 23.0. The van der Waals surface area contributed by atoms with Crippen LogP contribution in [0.25, 0.3) is 0 Å². The Hall–Kier alpha value is -1.27. The first-order chi connectivity index (χ1) is 9.92. The number of anilines is 2. The molecule has 1 aromatic rings. The van der Waals surface area contributed by atoms with Crippen molar-refractivity contribution in [2.45, 2.75) is 37.5 Å². The van der Waals surface area contributed by atoms with Crippen LogP contribution in [-0.2, 0) is 10.0 Å². The number of rotatable bonds is 5. The van der Waals surface area contributed by atoms with E-state index < -0.39 is 10.0 Å². The predicted octanol–water partition coefficient (Wildman–Crippen LogP) is 2.42. The quantitative estimate of drug-likeness (QED) is 0.729. The van der Waals surface area contributed by atoms with E-state index in [1.807, 2.05) is 0 Å². The molecule has 1 fully saturated rings. The molecule has 4 N–H and O–H groups in total. The number of nitrogens with one attached hydrogen (secondary N) is 2. The maximum absolute atomic E-state index is 11.7. The largest absolute Gasteiger partial charge is 0.397 e. The van der Waals surface area contributed by atoms with E-state index in [9.17, 15) is 8.42 Å². The number of sulfonamides is 1. The zero-order valence-electron chi connectivity index (χ0n) is 12.7. The molecule has 5 nitrogen and oxygen atoms in total. The molecule has 0 unspecified atom stereocenters. The van der Waals surface area contributed by atoms with E-state index in [4.69, 9.17) is 5.73 Å². The fourth-order valence-electron chi connectivity index (χ4n) is 2.77. The van der Waals surface area contributed by atoms with Gasteiger partial charge in [-0.05, 0) is 49.9 Å². The van der Waals surface area contributed by atoms with E-state index in [2.05, 4.69) is 17.0 Å². The lowest BCUT2D eigenvalue weighted by atomic mass is 9.83. The van der Waals surface area contributed by atoms with Crippen molar-refractivity contribution in [3.63, 3.8) is 0 Å². The Labute approximate surface area is 127 Å². The van der Waals surface area contributed by atoms with Crippen LogP contribution in [0.4, 0.5) is 11.4 Å². The van der Waals surface area contributed by atoms with Gasteiger partial charge < -0.3 is 11.1 Å². The van der Waals surface area contributed by atoms with Gasteiger partial charge in [0.05, 0.1) is 16.3 Å². The molecule has 0 heterocycles. The number of benzene rings is 1. The number of nitrogen functional groups attached to an aromatic ring is 1. The Morgan fingerprint density at radius 3 is 2.48 bits per heavy atom. The van der Waals surface area contributed by atoms with Gasteiger partial charge in [0.25, 0.3) is 0 Å². The van der Waals surface area contributed by atoms with Crippen LogP contribution in [-0.4, -0.2) is 22.0 Å². The van der Waals surface area contributed by atoms with Crippen LogP contribution in [0.3, 0.4) is 0 Å². The fourth-order valence-corrected chi connectivity index (χ4v) is 3.54. The SMILES string of the molecule is CNS(=O)(=O)c1ccc(NCC2CCC(C)CC2)c(N)c1. The summed E-state index contributed by atoms with van der Waals surface area (Å²) in [4.78, 5) is 0.194. The van der Waals surface area contributed by atoms with Gasteiger partial charge in [-0.1, -0.05) is 19.8 Å². The lowest BCUT2D eigenvalue weighted by molar-refractivity contribution is 0.300. The zero-order chi connectivity index (χ0) is 15.5. The second-order valence-electron chi connectivity index (χ2n) is 5.96. The van der Waals surface area contributed by atoms with Gasteiger partial charge >= 0.3 is 0 Å². The molecule has 0 spiro atoms. The lowest BCUT2D eigenvalue weighted by Crippen LogP contribution is -2.21. The van der Waals surface area contributed by atoms with Gasteiger partial charge in [0.2, 0.25) is 10.0 Å². The Morgan fingerprint density at radius 1 is 1.24 bits per heavy atom. The highest BCUT2D eigenvalue weighted by Gasteiger charge is 2.18. The van der Waals surface area contributed by atoms with Gasteiger partial charge in [-0.3, -0.25) is 0 Å². The average molecular weight is 311 g/mol. The maximum Gasteiger partial charge on any atom is 0.240 e. The molecular weight excluding hydrogens is 286 g/mol. The third kappa shape index (κ3) is 4.11. The highest BCUT2D eigenvalue weighted by atomic mass is 32.2. The summed E-state index contributed by atoms with van der Waals surface area (Å²) >= 11 is 0. The molecule has 2 rings (SSSR count). The number of hydrogen-bond donors (Lipinski definition) is 3. The number of nitrogens with two attached hydrogens (primary N) is 1. The minimum absolute atomic E-state index is 0.194. The Kier molecular flexibility index (Phi) is 5.11. The van der Waals surface area contributed by atoms with Crippen LogP contribution in [0.15, 0.2) is 23.1 Å². The molecular formula is C15H25N3O2S. The zero-order valence-corrected chi connectivity index (χ0v) is 13.5. The molecule has 118 valence electrons. The van der Waals surface area contributed by atoms with Crippen molar-refractivity contribution >= 4 is 21.4 Å². The molecule has 1 aliphatic carbocycles. The van der Waals surface area contributed by atoms with Crippen LogP contribution >= 0.6 is 0 Å². The summed E-state index contributed by atoms with van der Waals surface area (Å²) < 4.78 is 25.7. The standard InChI is InChI=1S/C15H25N3O2S/c1-11-3-5-12(6-4-11)10-18-15-8-7-13(9-14(15)16)21(19,20)17-2/h7-9,11-12,17-18H,3-6,10,16H2,1-2H3. The van der Waals surface area contributed by atoms with Gasteiger partial charge in [-0.25, -0.2) is 13.1 Å². The summed E-state index contributed by atoms with van der Waals surface area (Å²) in [6.45, 7) is 3.21. The second kappa shape index (κ2) is 6.66. The third-order valence-corrected chi connectivity index (χ3v) is 5.73. The molecule has 0 atom stereocenters. The topological polar surface area (TPSA) is 84.2 Å². The molecule has 0 amide bonds. The fraction of sp³-hybridized carbons (Fsp3) is 0.600. The molecule has 0 bridgehead atoms. The summed E-state index contributed by atoms with van der Waals surface area (Å²) in [5, 5.41) is 3.35. The van der Waals surface area contributed by atoms with Gasteiger partial charge in [0.15, 0.2) is 0 Å². The molecule has 1 saturated carbocycles. The molecule has 1 aliphatic rings. The Balaban J connectivity index is 1.98. The van der Waals surface area contributed by atoms with Crippen molar-refractivity contribution in [2.75, 3.05) is 24.6 Å². The van der Waals surface area contributed by atoms with Crippen molar-refractivity contribution in [2.24, 2.45) is 11.8 Å². The van der Waals surface area contributed by atoms with Crippen LogP contribution in [0.1, 0.15) is 32.6 Å². The van der Waals surface area contributed by atoms with Gasteiger partial charge in [0, 0.05) is 6.54 Å². The molecule has 0 aliphatic heterocycles. The molecule has 0 saturated heterocycles. The molecule has 6 heteroatoms. The van der Waals surface area contributed by atoms with E-state index >= 15 is 0 Å². The second-order valence-corrected chi connectivity index (χ2v) is 7.85. The van der Waals surface area contributed by atoms with Crippen molar-refractivity contribution < 1.29 is 8.42 Å². The van der Waals surface area contributed by atoms with Gasteiger partial charge in [0.1, 0.15) is 0 Å². The number of hydrogen-bond acceptors (Lipinski definition) is 4. The van der Waals surface area contributed by atoms with E-state index in [1.54, 1.807) is 12.1 Å². The van der Waals surface area contributed by atoms with Crippen molar-refractivity contribution in [3.8, 4) is 0 Å². The molecule has 1 aromatic carbocycles. The summed E-state index contributed by atoms with van der Waals surface area (Å²) in [6, 6.07) is 4.82. The highest BCUT2D eigenvalue weighted by molar-refractivity contribution is 7.89. The monoisotopic (exact) mass is 311 g/mol. The first-order valence-corrected chi connectivity index (χ1v) is 8.97. The average Bonchev–Trinajstić information content (AvgIpc) is 2.47. The smallest absolute Gasteiger partial charge is 0.240 e. The summed E-state index contributed by atoms with van der Waals surface area (Å²) in [7, 11) is -2.05. The van der Waals surface area contributed by atoms with Crippen molar-refractivity contribution in [1.29, 1.82) is 0 Å². The van der Waals surface area contributed by atoms with Crippen molar-refractivity contribution in [1.82, 2.24) is 4.72 Å². The molecule has 21 heavy (non-hydrogen) atoms. The Morgan fingerprint density at radius 2 is 1.90 bits per heavy atom. The van der Waals surface area contributed by atoms with Crippen LogP contribution in [0, 0.1) is 11.8 Å². The van der Waals surface area contributed by atoms with Crippen LogP contribution < -0.4 is 15.8 Å². The minimum atomic E-state index is -3.44. The maximum atomic E-state index is 11.7. The highest BCUT2D eigenvalue weighted by Crippen LogP contribution is 2.29. The predicted molar refractivity (Wildman–Crippen MR) is 86.7 cm³/mol. The van der Waals surface area contributed by atoms with Gasteiger partial charge in [-0.2, -0.15) is 0 Å². The first kappa shape index (κ1) is 16.1. The van der Waals surface area contributed by atoms with Crippen molar-refractivity contribution in [3.05, 3.63) is 18.2 Å². The van der Waals surface area contributed by atoms with Crippen LogP contribution in [0.2, 0.25) is 0 Å². The summed E-state index contributed by atoms with van der Waals surface area (Å²) in [6.07, 6.45) is 5.09. The van der Waals surface area contributed by atoms with E-state index in [1.165, 1.54) is 38.8 Å². The molecule has 0 radical (unpaired) electrons. The van der Waals surface area contributed by atoms with Crippen LogP contribution in [0.5, 0.6) is 0 Å². The Bertz CT molecular complexity index is 579. The van der Waals surface area contributed by atoms with E-state index in [-0.39, 0.29) is 4.90 Å².